The fourth-order valence-corrected chi connectivity index (χ4v) is 3.23. The SMILES string of the molecule is CC(C)NC(C)c1cc(C(F)(F)F)cnc1N1CCN(C(=O)OC(C)(C)C)CC1. The van der Waals surface area contributed by atoms with Crippen LogP contribution >= 0.6 is 0 Å². The van der Waals surface area contributed by atoms with Gasteiger partial charge >= 0.3 is 12.3 Å². The van der Waals surface area contributed by atoms with Crippen molar-refractivity contribution in [3.8, 4) is 0 Å². The van der Waals surface area contributed by atoms with Crippen LogP contribution in [0.4, 0.5) is 23.8 Å². The zero-order chi connectivity index (χ0) is 22.0. The summed E-state index contributed by atoms with van der Waals surface area (Å²) in [5, 5.41) is 3.25. The highest BCUT2D eigenvalue weighted by Gasteiger charge is 2.34. The van der Waals surface area contributed by atoms with E-state index in [1.807, 2.05) is 46.4 Å². The largest absolute Gasteiger partial charge is 0.444 e. The van der Waals surface area contributed by atoms with Crippen molar-refractivity contribution in [3.63, 3.8) is 0 Å². The number of alkyl halides is 3. The number of halogens is 3. The molecule has 6 nitrogen and oxygen atoms in total. The Morgan fingerprint density at radius 1 is 1.14 bits per heavy atom. The topological polar surface area (TPSA) is 57.7 Å². The maximum Gasteiger partial charge on any atom is 0.417 e. The molecular weight excluding hydrogens is 385 g/mol. The molecule has 0 bridgehead atoms. The number of carbonyl (C=O) groups is 1. The quantitative estimate of drug-likeness (QED) is 0.797. The lowest BCUT2D eigenvalue weighted by atomic mass is 10.0. The Kier molecular flexibility index (Phi) is 7.03. The van der Waals surface area contributed by atoms with Gasteiger partial charge in [0.15, 0.2) is 0 Å². The first kappa shape index (κ1) is 23.3. The third-order valence-corrected chi connectivity index (χ3v) is 4.50. The molecule has 1 aliphatic heterocycles. The van der Waals surface area contributed by atoms with Crippen molar-refractivity contribution >= 4 is 11.9 Å². The fourth-order valence-electron chi connectivity index (χ4n) is 3.23. The van der Waals surface area contributed by atoms with E-state index in [0.29, 0.717) is 37.6 Å². The van der Waals surface area contributed by atoms with Gasteiger partial charge in [-0.15, -0.1) is 0 Å². The van der Waals surface area contributed by atoms with Crippen LogP contribution < -0.4 is 10.2 Å². The molecule has 1 N–H and O–H groups in total. The van der Waals surface area contributed by atoms with Gasteiger partial charge in [0.05, 0.1) is 5.56 Å². The lowest BCUT2D eigenvalue weighted by molar-refractivity contribution is -0.137. The predicted molar refractivity (Wildman–Crippen MR) is 106 cm³/mol. The Labute approximate surface area is 170 Å². The number of piperazine rings is 1. The van der Waals surface area contributed by atoms with Gasteiger partial charge in [-0.3, -0.25) is 0 Å². The molecule has 0 radical (unpaired) electrons. The molecule has 0 aromatic carbocycles. The summed E-state index contributed by atoms with van der Waals surface area (Å²) in [5.41, 5.74) is -0.839. The van der Waals surface area contributed by atoms with Crippen molar-refractivity contribution in [2.45, 2.75) is 65.4 Å². The maximum atomic E-state index is 13.2. The van der Waals surface area contributed by atoms with E-state index in [4.69, 9.17) is 4.74 Å². The molecule has 1 aliphatic rings. The molecule has 2 heterocycles. The van der Waals surface area contributed by atoms with Crippen LogP contribution in [0.15, 0.2) is 12.3 Å². The smallest absolute Gasteiger partial charge is 0.417 e. The molecule has 1 unspecified atom stereocenters. The first-order chi connectivity index (χ1) is 13.3. The van der Waals surface area contributed by atoms with E-state index >= 15 is 0 Å². The first-order valence-corrected chi connectivity index (χ1v) is 9.84. The normalized spacial score (nSPS) is 16.9. The van der Waals surface area contributed by atoms with E-state index in [-0.39, 0.29) is 18.2 Å². The van der Waals surface area contributed by atoms with Crippen molar-refractivity contribution in [1.29, 1.82) is 0 Å². The summed E-state index contributed by atoms with van der Waals surface area (Å²) in [4.78, 5) is 19.9. The minimum atomic E-state index is -4.45. The summed E-state index contributed by atoms with van der Waals surface area (Å²) < 4.78 is 45.0. The summed E-state index contributed by atoms with van der Waals surface area (Å²) in [7, 11) is 0. The van der Waals surface area contributed by atoms with Gasteiger partial charge in [0, 0.05) is 50.0 Å². The van der Waals surface area contributed by atoms with Crippen LogP contribution in [0.5, 0.6) is 0 Å². The molecule has 0 saturated carbocycles. The van der Waals surface area contributed by atoms with Crippen molar-refractivity contribution in [1.82, 2.24) is 15.2 Å². The number of nitrogens with one attached hydrogen (secondary N) is 1. The van der Waals surface area contributed by atoms with E-state index in [9.17, 15) is 18.0 Å². The van der Waals surface area contributed by atoms with Crippen molar-refractivity contribution in [2.24, 2.45) is 0 Å². The molecule has 1 aromatic heterocycles. The molecule has 1 amide bonds. The first-order valence-electron chi connectivity index (χ1n) is 9.84. The lowest BCUT2D eigenvalue weighted by Gasteiger charge is -2.37. The summed E-state index contributed by atoms with van der Waals surface area (Å²) >= 11 is 0. The number of carbonyl (C=O) groups excluding carboxylic acids is 1. The van der Waals surface area contributed by atoms with Gasteiger partial charge in [0.1, 0.15) is 11.4 Å². The maximum absolute atomic E-state index is 13.2. The number of pyridine rings is 1. The summed E-state index contributed by atoms with van der Waals surface area (Å²) in [5.74, 6) is 0.516. The second-order valence-corrected chi connectivity index (χ2v) is 8.63. The van der Waals surface area contributed by atoms with E-state index in [0.717, 1.165) is 6.20 Å². The number of hydrogen-bond acceptors (Lipinski definition) is 5. The van der Waals surface area contributed by atoms with Gasteiger partial charge in [0.2, 0.25) is 0 Å². The van der Waals surface area contributed by atoms with Crippen LogP contribution in [0.3, 0.4) is 0 Å². The number of anilines is 1. The molecule has 1 atom stereocenters. The zero-order valence-electron chi connectivity index (χ0n) is 17.9. The Morgan fingerprint density at radius 2 is 1.72 bits per heavy atom. The minimum absolute atomic E-state index is 0.108. The van der Waals surface area contributed by atoms with Gasteiger partial charge in [-0.05, 0) is 33.8 Å². The van der Waals surface area contributed by atoms with Gasteiger partial charge in [0.25, 0.3) is 0 Å². The van der Waals surface area contributed by atoms with Gasteiger partial charge in [-0.1, -0.05) is 13.8 Å². The van der Waals surface area contributed by atoms with Crippen LogP contribution in [-0.4, -0.2) is 53.8 Å². The second-order valence-electron chi connectivity index (χ2n) is 8.63. The predicted octanol–water partition coefficient (Wildman–Crippen LogP) is 4.22. The highest BCUT2D eigenvalue weighted by atomic mass is 19.4. The zero-order valence-corrected chi connectivity index (χ0v) is 17.9. The van der Waals surface area contributed by atoms with Crippen LogP contribution in [0.25, 0.3) is 0 Å². The highest BCUT2D eigenvalue weighted by molar-refractivity contribution is 5.68. The van der Waals surface area contributed by atoms with E-state index < -0.39 is 17.3 Å². The molecule has 0 spiro atoms. The second kappa shape index (κ2) is 8.77. The van der Waals surface area contributed by atoms with Crippen molar-refractivity contribution in [3.05, 3.63) is 23.4 Å². The number of amides is 1. The van der Waals surface area contributed by atoms with E-state index in [2.05, 4.69) is 10.3 Å². The number of aromatic nitrogens is 1. The van der Waals surface area contributed by atoms with E-state index in [1.165, 1.54) is 6.07 Å². The van der Waals surface area contributed by atoms with Gasteiger partial charge in [-0.25, -0.2) is 9.78 Å². The Balaban J connectivity index is 2.20. The molecule has 29 heavy (non-hydrogen) atoms. The summed E-state index contributed by atoms with van der Waals surface area (Å²) in [6.07, 6.45) is -3.96. The van der Waals surface area contributed by atoms with Crippen LogP contribution in [0.1, 0.15) is 58.7 Å². The Hall–Kier alpha value is -2.03. The van der Waals surface area contributed by atoms with E-state index in [1.54, 1.807) is 4.90 Å². The Morgan fingerprint density at radius 3 is 2.21 bits per heavy atom. The lowest BCUT2D eigenvalue weighted by Crippen LogP contribution is -2.50. The molecular formula is C20H31F3N4O2. The summed E-state index contributed by atoms with van der Waals surface area (Å²) in [6, 6.07) is 0.975. The number of ether oxygens (including phenoxy) is 1. The minimum Gasteiger partial charge on any atom is -0.444 e. The Bertz CT molecular complexity index is 709. The van der Waals surface area contributed by atoms with Crippen LogP contribution in [-0.2, 0) is 10.9 Å². The number of nitrogens with zero attached hydrogens (tertiary/aromatic N) is 3. The third kappa shape index (κ3) is 6.48. The molecule has 1 fully saturated rings. The molecule has 2 rings (SSSR count). The number of hydrogen-bond donors (Lipinski definition) is 1. The monoisotopic (exact) mass is 416 g/mol. The summed E-state index contributed by atoms with van der Waals surface area (Å²) in [6.45, 7) is 12.9. The van der Waals surface area contributed by atoms with Gasteiger partial charge in [-0.2, -0.15) is 13.2 Å². The third-order valence-electron chi connectivity index (χ3n) is 4.50. The van der Waals surface area contributed by atoms with Crippen molar-refractivity contribution < 1.29 is 22.7 Å². The molecule has 1 saturated heterocycles. The fraction of sp³-hybridized carbons (Fsp3) is 0.700. The molecule has 0 aliphatic carbocycles. The highest BCUT2D eigenvalue weighted by Crippen LogP contribution is 2.34. The molecule has 1 aromatic rings. The molecule has 164 valence electrons. The van der Waals surface area contributed by atoms with Crippen LogP contribution in [0.2, 0.25) is 0 Å². The van der Waals surface area contributed by atoms with Gasteiger partial charge < -0.3 is 19.9 Å². The molecule has 9 heteroatoms. The number of rotatable bonds is 4. The standard InChI is InChI=1S/C20H31F3N4O2/c1-13(2)25-14(3)16-11-15(20(21,22)23)12-24-17(16)26-7-9-27(10-8-26)18(28)29-19(4,5)6/h11-14,25H,7-10H2,1-6H3. The average molecular weight is 416 g/mol. The van der Waals surface area contributed by atoms with Crippen LogP contribution in [0, 0.1) is 0 Å². The van der Waals surface area contributed by atoms with Crippen molar-refractivity contribution in [2.75, 3.05) is 31.1 Å². The average Bonchev–Trinajstić information content (AvgIpc) is 2.58.